The summed E-state index contributed by atoms with van der Waals surface area (Å²) in [5.41, 5.74) is 6.79. The molecule has 1 aromatic carbocycles. The Kier molecular flexibility index (Phi) is 3.51. The highest BCUT2D eigenvalue weighted by molar-refractivity contribution is 5.82. The van der Waals surface area contributed by atoms with E-state index in [9.17, 15) is 0 Å². The first-order valence-electron chi connectivity index (χ1n) is 4.68. The Morgan fingerprint density at radius 2 is 1.93 bits per heavy atom. The predicted octanol–water partition coefficient (Wildman–Crippen LogP) is 1.70. The van der Waals surface area contributed by atoms with E-state index in [2.05, 4.69) is 4.99 Å². The molecule has 0 bridgehead atoms. The van der Waals surface area contributed by atoms with Crippen LogP contribution in [0.5, 0.6) is 5.75 Å². The lowest BCUT2D eigenvalue weighted by Crippen LogP contribution is -2.17. The minimum atomic E-state index is 0.229. The number of hydrogen-bond donors (Lipinski definition) is 2. The minimum Gasteiger partial charge on any atom is -0.508 e. The van der Waals surface area contributed by atoms with Crippen molar-refractivity contribution in [3.63, 3.8) is 0 Å². The lowest BCUT2D eigenvalue weighted by Gasteiger charge is -2.03. The number of rotatable bonds is 3. The molecular weight excluding hydrogens is 176 g/mol. The standard InChI is InChI=1S/C11H16N2O/c1-8(2)13-11(12)7-9-3-5-10(14)6-4-9/h3-6,8,14H,7H2,1-2H3,(H2,12,13). The third kappa shape index (κ3) is 3.47. The molecule has 0 saturated carbocycles. The van der Waals surface area contributed by atoms with Crippen molar-refractivity contribution in [2.45, 2.75) is 26.3 Å². The number of phenols is 1. The number of aliphatic imine (C=N–C) groups is 1. The van der Waals surface area contributed by atoms with Crippen molar-refractivity contribution in [1.29, 1.82) is 0 Å². The van der Waals surface area contributed by atoms with Crippen molar-refractivity contribution in [3.8, 4) is 5.75 Å². The summed E-state index contributed by atoms with van der Waals surface area (Å²) >= 11 is 0. The van der Waals surface area contributed by atoms with Gasteiger partial charge in [0.1, 0.15) is 5.75 Å². The zero-order chi connectivity index (χ0) is 10.6. The molecule has 0 amide bonds. The topological polar surface area (TPSA) is 58.6 Å². The summed E-state index contributed by atoms with van der Waals surface area (Å²) in [4.78, 5) is 4.23. The van der Waals surface area contributed by atoms with Crippen LogP contribution >= 0.6 is 0 Å². The van der Waals surface area contributed by atoms with Gasteiger partial charge in [-0.3, -0.25) is 4.99 Å². The Morgan fingerprint density at radius 3 is 2.43 bits per heavy atom. The van der Waals surface area contributed by atoms with Gasteiger partial charge in [0.05, 0.1) is 5.84 Å². The molecule has 0 spiro atoms. The highest BCUT2D eigenvalue weighted by atomic mass is 16.3. The number of nitrogens with zero attached hydrogens (tertiary/aromatic N) is 1. The number of hydrogen-bond acceptors (Lipinski definition) is 2. The molecule has 0 aliphatic heterocycles. The third-order valence-electron chi connectivity index (χ3n) is 1.75. The Labute approximate surface area is 84.3 Å². The lowest BCUT2D eigenvalue weighted by atomic mass is 10.1. The van der Waals surface area contributed by atoms with Crippen LogP contribution in [0.1, 0.15) is 19.4 Å². The smallest absolute Gasteiger partial charge is 0.115 e. The van der Waals surface area contributed by atoms with Crippen molar-refractivity contribution in [2.24, 2.45) is 10.7 Å². The lowest BCUT2D eigenvalue weighted by molar-refractivity contribution is 0.475. The zero-order valence-electron chi connectivity index (χ0n) is 8.57. The zero-order valence-corrected chi connectivity index (χ0v) is 8.57. The molecule has 0 aliphatic rings. The summed E-state index contributed by atoms with van der Waals surface area (Å²) in [5.74, 6) is 0.902. The van der Waals surface area contributed by atoms with E-state index in [-0.39, 0.29) is 11.8 Å². The molecule has 1 aromatic rings. The van der Waals surface area contributed by atoms with Crippen LogP contribution < -0.4 is 5.73 Å². The molecule has 14 heavy (non-hydrogen) atoms. The second-order valence-corrected chi connectivity index (χ2v) is 3.56. The summed E-state index contributed by atoms with van der Waals surface area (Å²) in [6, 6.07) is 7.22. The second-order valence-electron chi connectivity index (χ2n) is 3.56. The quantitative estimate of drug-likeness (QED) is 0.565. The van der Waals surface area contributed by atoms with Gasteiger partial charge in [-0.1, -0.05) is 12.1 Å². The van der Waals surface area contributed by atoms with Gasteiger partial charge in [0.2, 0.25) is 0 Å². The number of amidine groups is 1. The fourth-order valence-corrected chi connectivity index (χ4v) is 1.20. The van der Waals surface area contributed by atoms with Crippen molar-refractivity contribution in [3.05, 3.63) is 29.8 Å². The molecule has 3 N–H and O–H groups in total. The summed E-state index contributed by atoms with van der Waals surface area (Å²) in [5, 5.41) is 9.07. The van der Waals surface area contributed by atoms with Crippen LogP contribution in [-0.4, -0.2) is 17.0 Å². The van der Waals surface area contributed by atoms with Crippen molar-refractivity contribution >= 4 is 5.84 Å². The Hall–Kier alpha value is -1.51. The summed E-state index contributed by atoms with van der Waals surface area (Å²) in [6.07, 6.45) is 0.637. The SMILES string of the molecule is CC(C)N=C(N)Cc1ccc(O)cc1. The molecule has 3 heteroatoms. The average Bonchev–Trinajstić information content (AvgIpc) is 2.07. The highest BCUT2D eigenvalue weighted by Crippen LogP contribution is 2.09. The van der Waals surface area contributed by atoms with Crippen molar-refractivity contribution < 1.29 is 5.11 Å². The van der Waals surface area contributed by atoms with Crippen LogP contribution in [0, 0.1) is 0 Å². The largest absolute Gasteiger partial charge is 0.508 e. The van der Waals surface area contributed by atoms with Gasteiger partial charge >= 0.3 is 0 Å². The first kappa shape index (κ1) is 10.6. The molecule has 0 saturated heterocycles. The highest BCUT2D eigenvalue weighted by Gasteiger charge is 1.98. The monoisotopic (exact) mass is 192 g/mol. The van der Waals surface area contributed by atoms with Crippen molar-refractivity contribution in [2.75, 3.05) is 0 Å². The van der Waals surface area contributed by atoms with Gasteiger partial charge < -0.3 is 10.8 Å². The first-order valence-corrected chi connectivity index (χ1v) is 4.68. The fraction of sp³-hybridized carbons (Fsp3) is 0.364. The Balaban J connectivity index is 2.65. The van der Waals surface area contributed by atoms with Gasteiger partial charge in [-0.15, -0.1) is 0 Å². The fourth-order valence-electron chi connectivity index (χ4n) is 1.20. The molecule has 0 radical (unpaired) electrons. The summed E-state index contributed by atoms with van der Waals surface area (Å²) < 4.78 is 0. The molecule has 0 atom stereocenters. The normalized spacial score (nSPS) is 12.1. The maximum atomic E-state index is 9.07. The molecule has 0 aromatic heterocycles. The van der Waals surface area contributed by atoms with Crippen LogP contribution in [0.2, 0.25) is 0 Å². The third-order valence-corrected chi connectivity index (χ3v) is 1.75. The summed E-state index contributed by atoms with van der Waals surface area (Å²) in [7, 11) is 0. The Bertz CT molecular complexity index is 315. The van der Waals surface area contributed by atoms with E-state index in [4.69, 9.17) is 10.8 Å². The molecule has 3 nitrogen and oxygen atoms in total. The number of aromatic hydroxyl groups is 1. The molecule has 0 aliphatic carbocycles. The molecule has 1 rings (SSSR count). The van der Waals surface area contributed by atoms with Crippen LogP contribution in [-0.2, 0) is 6.42 Å². The van der Waals surface area contributed by atoms with E-state index in [0.717, 1.165) is 5.56 Å². The Morgan fingerprint density at radius 1 is 1.36 bits per heavy atom. The molecule has 0 fully saturated rings. The van der Waals surface area contributed by atoms with Crippen LogP contribution in [0.25, 0.3) is 0 Å². The maximum absolute atomic E-state index is 9.07. The van der Waals surface area contributed by atoms with Crippen LogP contribution in [0.4, 0.5) is 0 Å². The van der Waals surface area contributed by atoms with Gasteiger partial charge in [-0.25, -0.2) is 0 Å². The molecule has 0 heterocycles. The number of phenolic OH excluding ortho intramolecular Hbond substituents is 1. The van der Waals surface area contributed by atoms with E-state index in [0.29, 0.717) is 12.3 Å². The van der Waals surface area contributed by atoms with Crippen LogP contribution in [0.15, 0.2) is 29.3 Å². The second kappa shape index (κ2) is 4.65. The van der Waals surface area contributed by atoms with Gasteiger partial charge in [0, 0.05) is 12.5 Å². The molecule has 76 valence electrons. The predicted molar refractivity (Wildman–Crippen MR) is 58.6 cm³/mol. The number of benzene rings is 1. The van der Waals surface area contributed by atoms with Gasteiger partial charge in [-0.2, -0.15) is 0 Å². The molecule has 0 unspecified atom stereocenters. The van der Waals surface area contributed by atoms with E-state index in [1.807, 2.05) is 26.0 Å². The molecular formula is C11H16N2O. The average molecular weight is 192 g/mol. The number of nitrogens with two attached hydrogens (primary N) is 1. The van der Waals surface area contributed by atoms with E-state index < -0.39 is 0 Å². The van der Waals surface area contributed by atoms with E-state index in [1.165, 1.54) is 0 Å². The van der Waals surface area contributed by atoms with Gasteiger partial charge in [-0.05, 0) is 31.5 Å². The van der Waals surface area contributed by atoms with Gasteiger partial charge in [0.25, 0.3) is 0 Å². The van der Waals surface area contributed by atoms with E-state index in [1.54, 1.807) is 12.1 Å². The van der Waals surface area contributed by atoms with Crippen molar-refractivity contribution in [1.82, 2.24) is 0 Å². The summed E-state index contributed by atoms with van der Waals surface area (Å²) in [6.45, 7) is 3.98. The first-order chi connectivity index (χ1) is 6.58. The van der Waals surface area contributed by atoms with Gasteiger partial charge in [0.15, 0.2) is 0 Å². The maximum Gasteiger partial charge on any atom is 0.115 e. The van der Waals surface area contributed by atoms with E-state index >= 15 is 0 Å². The minimum absolute atomic E-state index is 0.229. The van der Waals surface area contributed by atoms with Crippen LogP contribution in [0.3, 0.4) is 0 Å².